The molecule has 0 spiro atoms. The van der Waals surface area contributed by atoms with Crippen molar-refractivity contribution in [3.05, 3.63) is 76.4 Å². The van der Waals surface area contributed by atoms with Gasteiger partial charge in [-0.05, 0) is 70.9 Å². The maximum absolute atomic E-state index is 12.1. The van der Waals surface area contributed by atoms with Crippen LogP contribution in [0.1, 0.15) is 35.6 Å². The fraction of sp³-hybridized carbons (Fsp3) is 0.227. The molecule has 0 saturated carbocycles. The Balaban J connectivity index is 1.93. The lowest BCUT2D eigenvalue weighted by Crippen LogP contribution is -2.05. The lowest BCUT2D eigenvalue weighted by atomic mass is 9.84. The van der Waals surface area contributed by atoms with Gasteiger partial charge in [-0.3, -0.25) is 0 Å². The van der Waals surface area contributed by atoms with E-state index in [9.17, 15) is 4.79 Å². The van der Waals surface area contributed by atoms with Crippen molar-refractivity contribution in [2.75, 3.05) is 13.7 Å². The Morgan fingerprint density at radius 3 is 2.64 bits per heavy atom. The highest BCUT2D eigenvalue weighted by molar-refractivity contribution is 6.10. The molecule has 0 aliphatic heterocycles. The van der Waals surface area contributed by atoms with Crippen LogP contribution in [0.2, 0.25) is 0 Å². The molecule has 0 radical (unpaired) electrons. The van der Waals surface area contributed by atoms with Crippen LogP contribution in [0.15, 0.2) is 54.1 Å². The predicted octanol–water partition coefficient (Wildman–Crippen LogP) is 4.40. The maximum Gasteiger partial charge on any atom is 0.331 e. The normalized spacial score (nSPS) is 16.3. The van der Waals surface area contributed by atoms with Gasteiger partial charge >= 0.3 is 5.97 Å². The minimum absolute atomic E-state index is 0.280. The van der Waals surface area contributed by atoms with Crippen LogP contribution in [0, 0.1) is 0 Å². The average Bonchev–Trinajstić information content (AvgIpc) is 2.96. The third kappa shape index (κ3) is 2.56. The first-order valence-corrected chi connectivity index (χ1v) is 8.62. The van der Waals surface area contributed by atoms with E-state index in [0.717, 1.165) is 29.7 Å². The van der Waals surface area contributed by atoms with Gasteiger partial charge in [0.15, 0.2) is 0 Å². The van der Waals surface area contributed by atoms with Gasteiger partial charge in [0.25, 0.3) is 0 Å². The number of allylic oxidation sites excluding steroid dienone is 2. The van der Waals surface area contributed by atoms with Crippen LogP contribution in [0.4, 0.5) is 0 Å². The van der Waals surface area contributed by atoms with Crippen molar-refractivity contribution < 1.29 is 14.3 Å². The average molecular weight is 332 g/mol. The van der Waals surface area contributed by atoms with Gasteiger partial charge in [0.1, 0.15) is 5.75 Å². The number of esters is 1. The topological polar surface area (TPSA) is 35.5 Å². The van der Waals surface area contributed by atoms with E-state index in [1.807, 2.05) is 25.1 Å². The van der Waals surface area contributed by atoms with Gasteiger partial charge in [-0.15, -0.1) is 0 Å². The van der Waals surface area contributed by atoms with E-state index in [4.69, 9.17) is 9.47 Å². The molecular weight excluding hydrogens is 312 g/mol. The highest BCUT2D eigenvalue weighted by Crippen LogP contribution is 2.49. The molecule has 0 atom stereocenters. The van der Waals surface area contributed by atoms with Crippen molar-refractivity contribution >= 4 is 17.1 Å². The molecule has 3 heteroatoms. The molecule has 2 aromatic rings. The van der Waals surface area contributed by atoms with Gasteiger partial charge in [-0.1, -0.05) is 30.3 Å². The van der Waals surface area contributed by atoms with Gasteiger partial charge in [0, 0.05) is 6.08 Å². The lowest BCUT2D eigenvalue weighted by molar-refractivity contribution is -0.137. The molecule has 0 amide bonds. The number of ether oxygens (including phenoxy) is 2. The zero-order valence-corrected chi connectivity index (χ0v) is 14.5. The van der Waals surface area contributed by atoms with Crippen molar-refractivity contribution in [2.45, 2.75) is 19.8 Å². The summed E-state index contributed by atoms with van der Waals surface area (Å²) >= 11 is 0. The van der Waals surface area contributed by atoms with Crippen LogP contribution in [-0.2, 0) is 16.0 Å². The second-order valence-electron chi connectivity index (χ2n) is 6.23. The molecule has 0 fully saturated rings. The molecule has 0 unspecified atom stereocenters. The Hall–Kier alpha value is -2.81. The number of rotatable bonds is 3. The van der Waals surface area contributed by atoms with Gasteiger partial charge in [0.05, 0.1) is 13.7 Å². The predicted molar refractivity (Wildman–Crippen MR) is 98.4 cm³/mol. The van der Waals surface area contributed by atoms with E-state index in [2.05, 4.69) is 24.3 Å². The smallest absolute Gasteiger partial charge is 0.331 e. The Morgan fingerprint density at radius 1 is 1.08 bits per heavy atom. The fourth-order valence-electron chi connectivity index (χ4n) is 3.82. The number of benzene rings is 2. The minimum Gasteiger partial charge on any atom is -0.497 e. The number of carbonyl (C=O) groups excluding carboxylic acids is 1. The molecule has 2 aliphatic carbocycles. The number of hydrogen-bond acceptors (Lipinski definition) is 3. The molecule has 0 N–H and O–H groups in total. The van der Waals surface area contributed by atoms with Crippen LogP contribution in [-0.4, -0.2) is 19.7 Å². The van der Waals surface area contributed by atoms with Crippen molar-refractivity contribution in [3.63, 3.8) is 0 Å². The monoisotopic (exact) mass is 332 g/mol. The Labute approximate surface area is 147 Å². The molecule has 3 nitrogen and oxygen atoms in total. The number of hydrogen-bond donors (Lipinski definition) is 0. The van der Waals surface area contributed by atoms with Crippen LogP contribution in [0.3, 0.4) is 0 Å². The van der Waals surface area contributed by atoms with E-state index in [1.54, 1.807) is 13.2 Å². The van der Waals surface area contributed by atoms with E-state index in [1.165, 1.54) is 27.8 Å². The highest BCUT2D eigenvalue weighted by atomic mass is 16.5. The van der Waals surface area contributed by atoms with Gasteiger partial charge in [0.2, 0.25) is 0 Å². The summed E-state index contributed by atoms with van der Waals surface area (Å²) in [5.41, 5.74) is 8.28. The summed E-state index contributed by atoms with van der Waals surface area (Å²) < 4.78 is 10.6. The second-order valence-corrected chi connectivity index (χ2v) is 6.23. The Kier molecular flexibility index (Phi) is 3.92. The van der Waals surface area contributed by atoms with E-state index >= 15 is 0 Å². The minimum atomic E-state index is -0.280. The summed E-state index contributed by atoms with van der Waals surface area (Å²) in [5.74, 6) is 0.574. The van der Waals surface area contributed by atoms with Crippen molar-refractivity contribution in [1.82, 2.24) is 0 Å². The summed E-state index contributed by atoms with van der Waals surface area (Å²) in [4.78, 5) is 12.1. The third-order valence-electron chi connectivity index (χ3n) is 4.89. The highest BCUT2D eigenvalue weighted by Gasteiger charge is 2.31. The Bertz CT molecular complexity index is 919. The molecule has 2 aliphatic rings. The number of carbonyl (C=O) groups is 1. The summed E-state index contributed by atoms with van der Waals surface area (Å²) in [6.45, 7) is 2.21. The molecule has 0 heterocycles. The molecule has 0 bridgehead atoms. The summed E-state index contributed by atoms with van der Waals surface area (Å²) in [6.07, 6.45) is 3.54. The Morgan fingerprint density at radius 2 is 1.88 bits per heavy atom. The summed E-state index contributed by atoms with van der Waals surface area (Å²) in [7, 11) is 1.69. The van der Waals surface area contributed by atoms with E-state index in [0.29, 0.717) is 6.61 Å². The van der Waals surface area contributed by atoms with Gasteiger partial charge in [-0.2, -0.15) is 0 Å². The van der Waals surface area contributed by atoms with E-state index < -0.39 is 0 Å². The zero-order chi connectivity index (χ0) is 17.4. The zero-order valence-electron chi connectivity index (χ0n) is 14.5. The van der Waals surface area contributed by atoms with Crippen LogP contribution in [0.5, 0.6) is 5.75 Å². The third-order valence-corrected chi connectivity index (χ3v) is 4.89. The maximum atomic E-state index is 12.1. The second kappa shape index (κ2) is 6.25. The largest absolute Gasteiger partial charge is 0.497 e. The van der Waals surface area contributed by atoms with Crippen molar-refractivity contribution in [3.8, 4) is 5.75 Å². The standard InChI is InChI=1S/C22H20O3/c1-3-25-21(23)13-20-16-6-4-5-7-17(16)22-18(20)11-9-14-8-10-15(24-2)12-19(14)22/h4-8,10,12-13H,3,9,11H2,1-2H3/b20-13+. The number of fused-ring (bicyclic) bond motifs is 4. The van der Waals surface area contributed by atoms with Gasteiger partial charge < -0.3 is 9.47 Å². The van der Waals surface area contributed by atoms with Crippen molar-refractivity contribution in [1.29, 1.82) is 0 Å². The van der Waals surface area contributed by atoms with Gasteiger partial charge in [-0.25, -0.2) is 4.79 Å². The number of methoxy groups -OCH3 is 1. The summed E-state index contributed by atoms with van der Waals surface area (Å²) in [6, 6.07) is 14.5. The molecule has 4 rings (SSSR count). The first-order valence-electron chi connectivity index (χ1n) is 8.62. The first kappa shape index (κ1) is 15.7. The SMILES string of the molecule is CCOC(=O)/C=C1/C2=C(c3cc(OC)ccc3CC2)c2ccccc21. The molecule has 126 valence electrons. The molecule has 25 heavy (non-hydrogen) atoms. The van der Waals surface area contributed by atoms with Crippen LogP contribution < -0.4 is 4.74 Å². The fourth-order valence-corrected chi connectivity index (χ4v) is 3.82. The molecule has 0 saturated heterocycles. The van der Waals surface area contributed by atoms with Crippen LogP contribution >= 0.6 is 0 Å². The lowest BCUT2D eigenvalue weighted by Gasteiger charge is -2.20. The van der Waals surface area contributed by atoms with Crippen molar-refractivity contribution in [2.24, 2.45) is 0 Å². The molecule has 2 aromatic carbocycles. The quantitative estimate of drug-likeness (QED) is 0.617. The van der Waals surface area contributed by atoms with Crippen LogP contribution in [0.25, 0.3) is 11.1 Å². The first-order chi connectivity index (χ1) is 12.2. The summed E-state index contributed by atoms with van der Waals surface area (Å²) in [5, 5.41) is 0. The number of aryl methyl sites for hydroxylation is 1. The molecular formula is C22H20O3. The molecule has 0 aromatic heterocycles. The van der Waals surface area contributed by atoms with E-state index in [-0.39, 0.29) is 5.97 Å².